The van der Waals surface area contributed by atoms with E-state index in [9.17, 15) is 0 Å². The molecule has 0 amide bonds. The van der Waals surface area contributed by atoms with Gasteiger partial charge in [0.05, 0.1) is 4.32 Å². The Hall–Kier alpha value is -1.65. The molecular weight excluding hydrogens is 406 g/mol. The highest BCUT2D eigenvalue weighted by atomic mass is 79.9. The van der Waals surface area contributed by atoms with Crippen molar-refractivity contribution in [3.8, 4) is 5.75 Å². The Labute approximate surface area is 145 Å². The summed E-state index contributed by atoms with van der Waals surface area (Å²) in [5, 5.41) is 0. The number of halogens is 2. The zero-order valence-corrected chi connectivity index (χ0v) is 14.6. The number of fused-ring (bicyclic) bond motifs is 2. The van der Waals surface area contributed by atoms with E-state index in [1.807, 2.05) is 42.5 Å². The monoisotopic (exact) mass is 415 g/mol. The van der Waals surface area contributed by atoms with E-state index in [0.29, 0.717) is 0 Å². The number of rotatable bonds is 1. The molecule has 0 fully saturated rings. The highest BCUT2D eigenvalue weighted by molar-refractivity contribution is 9.10. The third-order valence-electron chi connectivity index (χ3n) is 3.68. The van der Waals surface area contributed by atoms with Gasteiger partial charge in [-0.3, -0.25) is 0 Å². The van der Waals surface area contributed by atoms with Crippen molar-refractivity contribution in [3.05, 3.63) is 82.6 Å². The van der Waals surface area contributed by atoms with Gasteiger partial charge in [0.1, 0.15) is 11.4 Å². The lowest BCUT2D eigenvalue weighted by atomic mass is 9.92. The molecule has 0 radical (unpaired) electrons. The Balaban J connectivity index is 1.79. The molecule has 0 N–H and O–H groups in total. The minimum absolute atomic E-state index is 0.369. The van der Waals surface area contributed by atoms with Gasteiger partial charge >= 0.3 is 0 Å². The third kappa shape index (κ3) is 2.36. The van der Waals surface area contributed by atoms with Crippen LogP contribution in [0.1, 0.15) is 5.56 Å². The normalized spacial score (nSPS) is 22.1. The number of nitrogens with zero attached hydrogens (tertiary/aromatic N) is 1. The first-order valence-corrected chi connectivity index (χ1v) is 8.46. The van der Waals surface area contributed by atoms with Gasteiger partial charge in [-0.25, -0.2) is 4.99 Å². The van der Waals surface area contributed by atoms with E-state index in [0.717, 1.165) is 32.9 Å². The zero-order chi connectivity index (χ0) is 15.2. The van der Waals surface area contributed by atoms with Crippen LogP contribution in [0.3, 0.4) is 0 Å². The van der Waals surface area contributed by atoms with Gasteiger partial charge < -0.3 is 4.74 Å². The van der Waals surface area contributed by atoms with Crippen LogP contribution < -0.4 is 4.74 Å². The lowest BCUT2D eigenvalue weighted by molar-refractivity contribution is 0.445. The van der Waals surface area contributed by atoms with Crippen LogP contribution in [0.25, 0.3) is 0 Å². The standard InChI is InChI=1S/C18H11Br2NO/c19-13-6-7-14-16(10-13)22-17-11-18(20,9-8-15(17)21-14)12-4-2-1-3-5-12/h1-11H. The van der Waals surface area contributed by atoms with Gasteiger partial charge in [-0.1, -0.05) is 68.3 Å². The van der Waals surface area contributed by atoms with E-state index < -0.39 is 0 Å². The average molecular weight is 417 g/mol. The second kappa shape index (κ2) is 5.21. The Bertz CT molecular complexity index is 839. The first-order chi connectivity index (χ1) is 10.6. The molecule has 22 heavy (non-hydrogen) atoms. The fourth-order valence-corrected chi connectivity index (χ4v) is 3.50. The van der Waals surface area contributed by atoms with Crippen LogP contribution in [0.4, 0.5) is 5.69 Å². The van der Waals surface area contributed by atoms with Gasteiger partial charge in [0.25, 0.3) is 0 Å². The predicted octanol–water partition coefficient (Wildman–Crippen LogP) is 5.66. The number of hydrogen-bond donors (Lipinski definition) is 0. The van der Waals surface area contributed by atoms with Crippen molar-refractivity contribution in [2.75, 3.05) is 0 Å². The minimum atomic E-state index is -0.369. The van der Waals surface area contributed by atoms with Gasteiger partial charge in [0, 0.05) is 4.47 Å². The molecule has 0 bridgehead atoms. The van der Waals surface area contributed by atoms with Gasteiger partial charge in [-0.2, -0.15) is 0 Å². The molecule has 1 aliphatic carbocycles. The molecule has 2 aromatic carbocycles. The van der Waals surface area contributed by atoms with E-state index in [-0.39, 0.29) is 4.32 Å². The highest BCUT2D eigenvalue weighted by Crippen LogP contribution is 2.42. The maximum Gasteiger partial charge on any atom is 0.154 e. The van der Waals surface area contributed by atoms with Crippen molar-refractivity contribution in [2.45, 2.75) is 4.32 Å². The smallest absolute Gasteiger partial charge is 0.154 e. The second-order valence-corrected chi connectivity index (χ2v) is 7.42. The summed E-state index contributed by atoms with van der Waals surface area (Å²) in [6.45, 7) is 0. The second-order valence-electron chi connectivity index (χ2n) is 5.19. The Morgan fingerprint density at radius 2 is 1.86 bits per heavy atom. The topological polar surface area (TPSA) is 21.6 Å². The molecule has 0 aromatic heterocycles. The van der Waals surface area contributed by atoms with Crippen LogP contribution in [-0.2, 0) is 4.32 Å². The van der Waals surface area contributed by atoms with Gasteiger partial charge in [0.15, 0.2) is 11.5 Å². The molecular formula is C18H11Br2NO. The third-order valence-corrected chi connectivity index (χ3v) is 5.12. The SMILES string of the molecule is Brc1ccc2c(c1)OC1=CC(Br)(c3ccccc3)C=CC1=N2. The number of aliphatic imine (C=N–C) groups is 1. The van der Waals surface area contributed by atoms with Crippen LogP contribution in [0.5, 0.6) is 5.75 Å². The summed E-state index contributed by atoms with van der Waals surface area (Å²) in [7, 11) is 0. The molecule has 4 rings (SSSR count). The molecule has 1 atom stereocenters. The molecule has 108 valence electrons. The summed E-state index contributed by atoms with van der Waals surface area (Å²) >= 11 is 7.28. The van der Waals surface area contributed by atoms with Crippen LogP contribution in [-0.4, -0.2) is 5.71 Å². The van der Waals surface area contributed by atoms with Gasteiger partial charge in [0.2, 0.25) is 0 Å². The Kier molecular flexibility index (Phi) is 3.31. The van der Waals surface area contributed by atoms with Crippen molar-refractivity contribution in [3.63, 3.8) is 0 Å². The molecule has 2 nitrogen and oxygen atoms in total. The van der Waals surface area contributed by atoms with Crippen molar-refractivity contribution in [1.29, 1.82) is 0 Å². The van der Waals surface area contributed by atoms with Crippen LogP contribution >= 0.6 is 31.9 Å². The van der Waals surface area contributed by atoms with Crippen LogP contribution in [0.2, 0.25) is 0 Å². The number of benzene rings is 2. The van der Waals surface area contributed by atoms with E-state index in [1.54, 1.807) is 0 Å². The van der Waals surface area contributed by atoms with Crippen molar-refractivity contribution in [2.24, 2.45) is 4.99 Å². The van der Waals surface area contributed by atoms with Crippen molar-refractivity contribution >= 4 is 43.3 Å². The van der Waals surface area contributed by atoms with E-state index in [1.165, 1.54) is 0 Å². The first-order valence-electron chi connectivity index (χ1n) is 6.87. The summed E-state index contributed by atoms with van der Waals surface area (Å²) in [6, 6.07) is 16.1. The van der Waals surface area contributed by atoms with Gasteiger partial charge in [-0.15, -0.1) is 0 Å². The van der Waals surface area contributed by atoms with Gasteiger partial charge in [-0.05, 0) is 35.9 Å². The molecule has 0 saturated heterocycles. The summed E-state index contributed by atoms with van der Waals surface area (Å²) < 4.78 is 6.66. The maximum atomic E-state index is 6.05. The molecule has 1 unspecified atom stereocenters. The Morgan fingerprint density at radius 1 is 1.05 bits per heavy atom. The molecule has 1 heterocycles. The molecule has 0 saturated carbocycles. The van der Waals surface area contributed by atoms with Crippen molar-refractivity contribution < 1.29 is 4.74 Å². The number of allylic oxidation sites excluding steroid dienone is 3. The number of ether oxygens (including phenoxy) is 1. The Morgan fingerprint density at radius 3 is 2.68 bits per heavy atom. The fraction of sp³-hybridized carbons (Fsp3) is 0.0556. The fourth-order valence-electron chi connectivity index (χ4n) is 2.55. The lowest BCUT2D eigenvalue weighted by Crippen LogP contribution is -2.23. The summed E-state index contributed by atoms with van der Waals surface area (Å²) in [5.74, 6) is 1.54. The van der Waals surface area contributed by atoms with E-state index in [2.05, 4.69) is 61.1 Å². The summed E-state index contributed by atoms with van der Waals surface area (Å²) in [5.41, 5.74) is 2.85. The number of hydrogen-bond acceptors (Lipinski definition) is 2. The summed E-state index contributed by atoms with van der Waals surface area (Å²) in [6.07, 6.45) is 6.16. The van der Waals surface area contributed by atoms with E-state index in [4.69, 9.17) is 4.74 Å². The quantitative estimate of drug-likeness (QED) is 0.549. The largest absolute Gasteiger partial charge is 0.453 e. The maximum absolute atomic E-state index is 6.05. The lowest BCUT2D eigenvalue weighted by Gasteiger charge is -2.28. The molecule has 1 aliphatic heterocycles. The molecule has 4 heteroatoms. The molecule has 0 spiro atoms. The van der Waals surface area contributed by atoms with Crippen LogP contribution in [0, 0.1) is 0 Å². The number of alkyl halides is 1. The average Bonchev–Trinajstić information content (AvgIpc) is 2.54. The van der Waals surface area contributed by atoms with Crippen LogP contribution in [0.15, 0.2) is 82.0 Å². The minimum Gasteiger partial charge on any atom is -0.453 e. The van der Waals surface area contributed by atoms with Crippen molar-refractivity contribution in [1.82, 2.24) is 0 Å². The molecule has 2 aromatic rings. The summed E-state index contributed by atoms with van der Waals surface area (Å²) in [4.78, 5) is 4.66. The predicted molar refractivity (Wildman–Crippen MR) is 96.1 cm³/mol. The zero-order valence-electron chi connectivity index (χ0n) is 11.5. The molecule has 2 aliphatic rings. The first kappa shape index (κ1) is 14.0. The van der Waals surface area contributed by atoms with E-state index >= 15 is 0 Å². The highest BCUT2D eigenvalue weighted by Gasteiger charge is 2.31.